The normalized spacial score (nSPS) is 27.9. The van der Waals surface area contributed by atoms with Crippen molar-refractivity contribution in [3.63, 3.8) is 0 Å². The Morgan fingerprint density at radius 2 is 2.14 bits per heavy atom. The van der Waals surface area contributed by atoms with Crippen LogP contribution in [0.15, 0.2) is 12.1 Å². The van der Waals surface area contributed by atoms with E-state index in [2.05, 4.69) is 19.1 Å². The van der Waals surface area contributed by atoms with E-state index < -0.39 is 0 Å². The van der Waals surface area contributed by atoms with Crippen molar-refractivity contribution in [2.75, 3.05) is 6.54 Å². The van der Waals surface area contributed by atoms with Gasteiger partial charge in [-0.05, 0) is 50.3 Å². The highest BCUT2D eigenvalue weighted by Gasteiger charge is 2.26. The van der Waals surface area contributed by atoms with Crippen molar-refractivity contribution in [1.29, 1.82) is 0 Å². The molecule has 0 radical (unpaired) electrons. The molecule has 2 heteroatoms. The summed E-state index contributed by atoms with van der Waals surface area (Å²) >= 11 is 1.96. The molecule has 14 heavy (non-hydrogen) atoms. The Hall–Kier alpha value is -0.340. The first-order valence-electron chi connectivity index (χ1n) is 5.57. The zero-order chi connectivity index (χ0) is 9.97. The molecule has 1 aromatic heterocycles. The van der Waals surface area contributed by atoms with Gasteiger partial charge in [0.15, 0.2) is 0 Å². The SMILES string of the molecule is Cc1ccc(C2CCCCC2CN)s1. The van der Waals surface area contributed by atoms with Crippen LogP contribution in [0.1, 0.15) is 41.4 Å². The average molecular weight is 209 g/mol. The molecular formula is C12H19NS. The van der Waals surface area contributed by atoms with Crippen molar-refractivity contribution in [3.05, 3.63) is 21.9 Å². The van der Waals surface area contributed by atoms with E-state index in [4.69, 9.17) is 5.73 Å². The van der Waals surface area contributed by atoms with Crippen molar-refractivity contribution in [1.82, 2.24) is 0 Å². The Kier molecular flexibility index (Phi) is 3.24. The van der Waals surface area contributed by atoms with Crippen LogP contribution in [-0.4, -0.2) is 6.54 Å². The van der Waals surface area contributed by atoms with E-state index in [-0.39, 0.29) is 0 Å². The quantitative estimate of drug-likeness (QED) is 0.794. The van der Waals surface area contributed by atoms with Gasteiger partial charge in [-0.1, -0.05) is 12.8 Å². The molecule has 0 saturated heterocycles. The summed E-state index contributed by atoms with van der Waals surface area (Å²) in [7, 11) is 0. The Bertz CT molecular complexity index is 292. The van der Waals surface area contributed by atoms with E-state index in [0.717, 1.165) is 18.4 Å². The van der Waals surface area contributed by atoms with Crippen LogP contribution in [0.4, 0.5) is 0 Å². The fraction of sp³-hybridized carbons (Fsp3) is 0.667. The van der Waals surface area contributed by atoms with Crippen molar-refractivity contribution in [3.8, 4) is 0 Å². The minimum Gasteiger partial charge on any atom is -0.330 e. The Labute approximate surface area is 90.3 Å². The van der Waals surface area contributed by atoms with Gasteiger partial charge in [-0.25, -0.2) is 0 Å². The predicted molar refractivity (Wildman–Crippen MR) is 62.8 cm³/mol. The summed E-state index contributed by atoms with van der Waals surface area (Å²) in [6.07, 6.45) is 5.45. The lowest BCUT2D eigenvalue weighted by atomic mass is 9.78. The second kappa shape index (κ2) is 4.45. The van der Waals surface area contributed by atoms with Gasteiger partial charge in [0.1, 0.15) is 0 Å². The molecule has 2 N–H and O–H groups in total. The maximum Gasteiger partial charge on any atom is 0.00822 e. The van der Waals surface area contributed by atoms with Crippen molar-refractivity contribution < 1.29 is 0 Å². The molecule has 1 aliphatic rings. The number of hydrogen-bond acceptors (Lipinski definition) is 2. The van der Waals surface area contributed by atoms with E-state index >= 15 is 0 Å². The minimum atomic E-state index is 0.738. The predicted octanol–water partition coefficient (Wildman–Crippen LogP) is 3.29. The molecule has 1 aromatic rings. The van der Waals surface area contributed by atoms with Crippen LogP contribution in [0.3, 0.4) is 0 Å². The molecule has 1 aliphatic carbocycles. The number of hydrogen-bond donors (Lipinski definition) is 1. The van der Waals surface area contributed by atoms with Gasteiger partial charge in [0.2, 0.25) is 0 Å². The van der Waals surface area contributed by atoms with Gasteiger partial charge in [0, 0.05) is 9.75 Å². The Morgan fingerprint density at radius 3 is 2.79 bits per heavy atom. The molecule has 0 amide bonds. The van der Waals surface area contributed by atoms with Gasteiger partial charge in [-0.15, -0.1) is 11.3 Å². The van der Waals surface area contributed by atoms with Gasteiger partial charge in [0.05, 0.1) is 0 Å². The van der Waals surface area contributed by atoms with Gasteiger partial charge in [0.25, 0.3) is 0 Å². The van der Waals surface area contributed by atoms with E-state index in [1.807, 2.05) is 11.3 Å². The lowest BCUT2D eigenvalue weighted by Gasteiger charge is -2.29. The van der Waals surface area contributed by atoms with Crippen LogP contribution in [0.5, 0.6) is 0 Å². The molecule has 0 bridgehead atoms. The largest absolute Gasteiger partial charge is 0.330 e. The molecule has 2 unspecified atom stereocenters. The minimum absolute atomic E-state index is 0.738. The summed E-state index contributed by atoms with van der Waals surface area (Å²) in [4.78, 5) is 3.00. The van der Waals surface area contributed by atoms with Crippen LogP contribution < -0.4 is 5.73 Å². The maximum absolute atomic E-state index is 5.84. The van der Waals surface area contributed by atoms with Crippen LogP contribution in [0.2, 0.25) is 0 Å². The molecule has 2 rings (SSSR count). The van der Waals surface area contributed by atoms with Gasteiger partial charge >= 0.3 is 0 Å². The Balaban J connectivity index is 2.14. The van der Waals surface area contributed by atoms with E-state index in [1.54, 1.807) is 4.88 Å². The lowest BCUT2D eigenvalue weighted by Crippen LogP contribution is -2.24. The van der Waals surface area contributed by atoms with Crippen LogP contribution >= 0.6 is 11.3 Å². The van der Waals surface area contributed by atoms with Crippen molar-refractivity contribution in [2.24, 2.45) is 11.7 Å². The van der Waals surface area contributed by atoms with E-state index in [1.165, 1.54) is 30.6 Å². The first-order chi connectivity index (χ1) is 6.81. The van der Waals surface area contributed by atoms with Gasteiger partial charge in [-0.3, -0.25) is 0 Å². The molecule has 1 heterocycles. The highest BCUT2D eigenvalue weighted by atomic mass is 32.1. The van der Waals surface area contributed by atoms with Gasteiger partial charge in [-0.2, -0.15) is 0 Å². The molecule has 0 aromatic carbocycles. The molecule has 1 fully saturated rings. The highest BCUT2D eigenvalue weighted by Crippen LogP contribution is 2.39. The molecule has 0 aliphatic heterocycles. The average Bonchev–Trinajstić information content (AvgIpc) is 2.65. The van der Waals surface area contributed by atoms with E-state index in [9.17, 15) is 0 Å². The zero-order valence-electron chi connectivity index (χ0n) is 8.83. The maximum atomic E-state index is 5.84. The van der Waals surface area contributed by atoms with Gasteiger partial charge < -0.3 is 5.73 Å². The lowest BCUT2D eigenvalue weighted by molar-refractivity contribution is 0.318. The van der Waals surface area contributed by atoms with Crippen LogP contribution in [0.25, 0.3) is 0 Å². The smallest absolute Gasteiger partial charge is 0.00822 e. The summed E-state index contributed by atoms with van der Waals surface area (Å²) in [5.41, 5.74) is 5.84. The summed E-state index contributed by atoms with van der Waals surface area (Å²) in [5, 5.41) is 0. The van der Waals surface area contributed by atoms with Crippen molar-refractivity contribution in [2.45, 2.75) is 38.5 Å². The monoisotopic (exact) mass is 209 g/mol. The molecule has 1 nitrogen and oxygen atoms in total. The molecule has 2 atom stereocenters. The fourth-order valence-electron chi connectivity index (χ4n) is 2.52. The first kappa shape index (κ1) is 10.2. The highest BCUT2D eigenvalue weighted by molar-refractivity contribution is 7.12. The van der Waals surface area contributed by atoms with Crippen LogP contribution in [-0.2, 0) is 0 Å². The summed E-state index contributed by atoms with van der Waals surface area (Å²) in [6, 6.07) is 4.54. The topological polar surface area (TPSA) is 26.0 Å². The third kappa shape index (κ3) is 2.01. The fourth-order valence-corrected chi connectivity index (χ4v) is 3.62. The van der Waals surface area contributed by atoms with Crippen molar-refractivity contribution >= 4 is 11.3 Å². The third-order valence-corrected chi connectivity index (χ3v) is 4.47. The summed E-state index contributed by atoms with van der Waals surface area (Å²) < 4.78 is 0. The number of aryl methyl sites for hydroxylation is 1. The second-order valence-corrected chi connectivity index (χ2v) is 5.65. The Morgan fingerprint density at radius 1 is 1.36 bits per heavy atom. The zero-order valence-corrected chi connectivity index (χ0v) is 9.65. The van der Waals surface area contributed by atoms with Crippen LogP contribution in [0, 0.1) is 12.8 Å². The number of rotatable bonds is 2. The first-order valence-corrected chi connectivity index (χ1v) is 6.39. The third-order valence-electron chi connectivity index (χ3n) is 3.34. The summed E-state index contributed by atoms with van der Waals surface area (Å²) in [6.45, 7) is 3.05. The number of nitrogens with two attached hydrogens (primary N) is 1. The number of thiophene rings is 1. The summed E-state index contributed by atoms with van der Waals surface area (Å²) in [5.74, 6) is 1.49. The van der Waals surface area contributed by atoms with E-state index in [0.29, 0.717) is 0 Å². The standard InChI is InChI=1S/C12H19NS/c1-9-6-7-12(14-9)11-5-3-2-4-10(11)8-13/h6-7,10-11H,2-5,8,13H2,1H3. The molecular weight excluding hydrogens is 190 g/mol. The second-order valence-electron chi connectivity index (χ2n) is 4.34. The molecule has 78 valence electrons. The molecule has 1 saturated carbocycles. The molecule has 0 spiro atoms.